The van der Waals surface area contributed by atoms with Crippen LogP contribution in [0.2, 0.25) is 0 Å². The van der Waals surface area contributed by atoms with E-state index in [1.54, 1.807) is 0 Å². The molecule has 0 aliphatic rings. The largest absolute Gasteiger partial charge is 0.271 e. The maximum absolute atomic E-state index is 5.50. The first-order chi connectivity index (χ1) is 7.11. The average Bonchev–Trinajstić information content (AvgIpc) is 2.19. The van der Waals surface area contributed by atoms with Crippen molar-refractivity contribution in [2.75, 3.05) is 0 Å². The van der Waals surface area contributed by atoms with Gasteiger partial charge in [-0.3, -0.25) is 11.3 Å². The third-order valence-corrected chi connectivity index (χ3v) is 2.75. The van der Waals surface area contributed by atoms with Crippen LogP contribution in [0, 0.1) is 0 Å². The van der Waals surface area contributed by atoms with Gasteiger partial charge in [0.2, 0.25) is 0 Å². The molecule has 1 aromatic carbocycles. The molecule has 0 spiro atoms. The summed E-state index contributed by atoms with van der Waals surface area (Å²) in [6.07, 6.45) is 1.84. The number of halogens is 1. The highest BCUT2D eigenvalue weighted by Gasteiger charge is 2.07. The maximum Gasteiger partial charge on any atom is 0.0287 e. The third-order valence-electron chi connectivity index (χ3n) is 2.23. The number of hydrogen-bond donors (Lipinski definition) is 2. The summed E-state index contributed by atoms with van der Waals surface area (Å²) in [6, 6.07) is 8.57. The Morgan fingerprint density at radius 3 is 2.53 bits per heavy atom. The molecule has 1 unspecified atom stereocenters. The van der Waals surface area contributed by atoms with Gasteiger partial charge in [-0.15, -0.1) is 6.58 Å². The summed E-state index contributed by atoms with van der Waals surface area (Å²) in [4.78, 5) is 0. The smallest absolute Gasteiger partial charge is 0.0287 e. The van der Waals surface area contributed by atoms with Crippen LogP contribution >= 0.6 is 15.9 Å². The van der Waals surface area contributed by atoms with Gasteiger partial charge in [-0.25, -0.2) is 0 Å². The van der Waals surface area contributed by atoms with E-state index in [1.807, 2.05) is 19.1 Å². The van der Waals surface area contributed by atoms with Gasteiger partial charge < -0.3 is 0 Å². The second kappa shape index (κ2) is 6.05. The fraction of sp³-hybridized carbons (Fsp3) is 0.333. The maximum atomic E-state index is 5.50. The molecule has 0 saturated carbocycles. The summed E-state index contributed by atoms with van der Waals surface area (Å²) < 4.78 is 1.10. The van der Waals surface area contributed by atoms with Gasteiger partial charge in [-0.2, -0.15) is 0 Å². The van der Waals surface area contributed by atoms with Crippen LogP contribution in [0.15, 0.2) is 40.9 Å². The predicted molar refractivity (Wildman–Crippen MR) is 68.4 cm³/mol. The number of rotatable bonds is 5. The second-order valence-electron chi connectivity index (χ2n) is 3.86. The summed E-state index contributed by atoms with van der Waals surface area (Å²) in [5.74, 6) is 5.50. The molecule has 0 aliphatic carbocycles. The normalized spacial score (nSPS) is 12.5. The van der Waals surface area contributed by atoms with E-state index in [2.05, 4.69) is 40.1 Å². The van der Waals surface area contributed by atoms with Crippen molar-refractivity contribution in [2.45, 2.75) is 25.8 Å². The highest BCUT2D eigenvalue weighted by atomic mass is 79.9. The SMILES string of the molecule is C=C(C)CC(Cc1ccc(Br)cc1)NN. The van der Waals surface area contributed by atoms with Crippen LogP contribution in [0.4, 0.5) is 0 Å². The van der Waals surface area contributed by atoms with Crippen molar-refractivity contribution in [1.82, 2.24) is 5.43 Å². The molecular weight excluding hydrogens is 252 g/mol. The van der Waals surface area contributed by atoms with Crippen molar-refractivity contribution < 1.29 is 0 Å². The topological polar surface area (TPSA) is 38.0 Å². The van der Waals surface area contributed by atoms with Crippen molar-refractivity contribution >= 4 is 15.9 Å². The minimum Gasteiger partial charge on any atom is -0.271 e. The minimum atomic E-state index is 0.267. The molecule has 0 aromatic heterocycles. The highest BCUT2D eigenvalue weighted by molar-refractivity contribution is 9.10. The molecule has 0 aliphatic heterocycles. The van der Waals surface area contributed by atoms with Crippen LogP contribution in [0.3, 0.4) is 0 Å². The Morgan fingerprint density at radius 1 is 1.47 bits per heavy atom. The number of benzene rings is 1. The Balaban J connectivity index is 2.58. The summed E-state index contributed by atoms with van der Waals surface area (Å²) in [7, 11) is 0. The van der Waals surface area contributed by atoms with Crippen molar-refractivity contribution in [3.8, 4) is 0 Å². The molecule has 1 atom stereocenters. The van der Waals surface area contributed by atoms with Gasteiger partial charge in [0.25, 0.3) is 0 Å². The van der Waals surface area contributed by atoms with Crippen LogP contribution in [0.5, 0.6) is 0 Å². The first-order valence-corrected chi connectivity index (χ1v) is 5.76. The van der Waals surface area contributed by atoms with E-state index in [4.69, 9.17) is 5.84 Å². The lowest BCUT2D eigenvalue weighted by atomic mass is 10.0. The Kier molecular flexibility index (Phi) is 5.02. The zero-order valence-electron chi connectivity index (χ0n) is 8.96. The molecule has 2 nitrogen and oxygen atoms in total. The Hall–Kier alpha value is -0.640. The molecule has 0 fully saturated rings. The van der Waals surface area contributed by atoms with Crippen LogP contribution in [-0.2, 0) is 6.42 Å². The monoisotopic (exact) mass is 268 g/mol. The van der Waals surface area contributed by atoms with Crippen molar-refractivity contribution in [3.05, 3.63) is 46.5 Å². The number of hydrazine groups is 1. The van der Waals surface area contributed by atoms with E-state index in [0.29, 0.717) is 0 Å². The van der Waals surface area contributed by atoms with Gasteiger partial charge in [-0.05, 0) is 37.5 Å². The minimum absolute atomic E-state index is 0.267. The van der Waals surface area contributed by atoms with E-state index in [-0.39, 0.29) is 6.04 Å². The standard InChI is InChI=1S/C12H17BrN2/c1-9(2)7-12(15-14)8-10-3-5-11(13)6-4-10/h3-6,12,15H,1,7-8,14H2,2H3. The second-order valence-corrected chi connectivity index (χ2v) is 4.77. The Bertz CT molecular complexity index is 319. The lowest BCUT2D eigenvalue weighted by molar-refractivity contribution is 0.521. The molecule has 0 bridgehead atoms. The van der Waals surface area contributed by atoms with Gasteiger partial charge in [0.1, 0.15) is 0 Å². The predicted octanol–water partition coefficient (Wildman–Crippen LogP) is 2.79. The summed E-state index contributed by atoms with van der Waals surface area (Å²) in [5.41, 5.74) is 5.25. The van der Waals surface area contributed by atoms with Gasteiger partial charge in [0.05, 0.1) is 0 Å². The number of hydrogen-bond acceptors (Lipinski definition) is 2. The quantitative estimate of drug-likeness (QED) is 0.490. The highest BCUT2D eigenvalue weighted by Crippen LogP contribution is 2.13. The molecule has 1 aromatic rings. The molecular formula is C12H17BrN2. The molecule has 3 heteroatoms. The number of nitrogens with one attached hydrogen (secondary N) is 1. The van der Waals surface area contributed by atoms with E-state index in [1.165, 1.54) is 5.56 Å². The van der Waals surface area contributed by atoms with Gasteiger partial charge in [0.15, 0.2) is 0 Å². The van der Waals surface area contributed by atoms with E-state index < -0.39 is 0 Å². The molecule has 82 valence electrons. The lowest BCUT2D eigenvalue weighted by Gasteiger charge is -2.15. The molecule has 0 radical (unpaired) electrons. The van der Waals surface area contributed by atoms with Crippen LogP contribution < -0.4 is 11.3 Å². The van der Waals surface area contributed by atoms with Gasteiger partial charge >= 0.3 is 0 Å². The lowest BCUT2D eigenvalue weighted by Crippen LogP contribution is -2.36. The first kappa shape index (κ1) is 12.4. The van der Waals surface area contributed by atoms with E-state index in [0.717, 1.165) is 22.9 Å². The molecule has 0 saturated heterocycles. The molecule has 0 amide bonds. The molecule has 1 rings (SSSR count). The van der Waals surface area contributed by atoms with E-state index in [9.17, 15) is 0 Å². The van der Waals surface area contributed by atoms with Crippen molar-refractivity contribution in [2.24, 2.45) is 5.84 Å². The molecule has 15 heavy (non-hydrogen) atoms. The zero-order chi connectivity index (χ0) is 11.3. The zero-order valence-corrected chi connectivity index (χ0v) is 10.5. The first-order valence-electron chi connectivity index (χ1n) is 4.96. The fourth-order valence-electron chi connectivity index (χ4n) is 1.52. The summed E-state index contributed by atoms with van der Waals surface area (Å²) in [6.45, 7) is 5.92. The van der Waals surface area contributed by atoms with Gasteiger partial charge in [0, 0.05) is 10.5 Å². The third kappa shape index (κ3) is 4.60. The van der Waals surface area contributed by atoms with Crippen LogP contribution in [0.1, 0.15) is 18.9 Å². The Labute approximate surface area is 99.7 Å². The Morgan fingerprint density at radius 2 is 2.07 bits per heavy atom. The number of nitrogens with two attached hydrogens (primary N) is 1. The van der Waals surface area contributed by atoms with E-state index >= 15 is 0 Å². The van der Waals surface area contributed by atoms with Gasteiger partial charge in [-0.1, -0.05) is 33.6 Å². The van der Waals surface area contributed by atoms with Crippen molar-refractivity contribution in [3.63, 3.8) is 0 Å². The van der Waals surface area contributed by atoms with Crippen LogP contribution in [-0.4, -0.2) is 6.04 Å². The molecule has 0 heterocycles. The average molecular weight is 269 g/mol. The summed E-state index contributed by atoms with van der Waals surface area (Å²) >= 11 is 3.41. The van der Waals surface area contributed by atoms with Crippen molar-refractivity contribution in [1.29, 1.82) is 0 Å². The molecule has 3 N–H and O–H groups in total. The van der Waals surface area contributed by atoms with Crippen LogP contribution in [0.25, 0.3) is 0 Å². The fourth-order valence-corrected chi connectivity index (χ4v) is 1.78. The summed E-state index contributed by atoms with van der Waals surface area (Å²) in [5, 5.41) is 0.